The Balaban J connectivity index is 2.48. The van der Waals surface area contributed by atoms with Gasteiger partial charge in [0, 0.05) is 23.5 Å². The zero-order chi connectivity index (χ0) is 12.4. The highest BCUT2D eigenvalue weighted by atomic mass is 35.5. The predicted octanol–water partition coefficient (Wildman–Crippen LogP) is 3.58. The van der Waals surface area contributed by atoms with Gasteiger partial charge in [0.15, 0.2) is 5.78 Å². The zero-order valence-corrected chi connectivity index (χ0v) is 10.5. The van der Waals surface area contributed by atoms with Crippen LogP contribution in [0.1, 0.15) is 27.0 Å². The summed E-state index contributed by atoms with van der Waals surface area (Å²) in [5.41, 5.74) is 3.06. The van der Waals surface area contributed by atoms with Crippen molar-refractivity contribution < 1.29 is 4.79 Å². The molecule has 0 atom stereocenters. The highest BCUT2D eigenvalue weighted by Crippen LogP contribution is 2.21. The van der Waals surface area contributed by atoms with Crippen molar-refractivity contribution in [1.82, 2.24) is 4.98 Å². The van der Waals surface area contributed by atoms with Crippen molar-refractivity contribution in [1.29, 1.82) is 0 Å². The number of aryl methyl sites for hydroxylation is 2. The second kappa shape index (κ2) is 4.68. The van der Waals surface area contributed by atoms with E-state index in [1.165, 1.54) is 0 Å². The molecule has 0 aliphatic rings. The van der Waals surface area contributed by atoms with Gasteiger partial charge < -0.3 is 0 Å². The van der Waals surface area contributed by atoms with Gasteiger partial charge in [0.2, 0.25) is 0 Å². The van der Waals surface area contributed by atoms with Crippen molar-refractivity contribution in [3.8, 4) is 0 Å². The third kappa shape index (κ3) is 2.37. The number of ketones is 1. The smallest absolute Gasteiger partial charge is 0.196 e. The van der Waals surface area contributed by atoms with E-state index in [1.54, 1.807) is 24.5 Å². The number of hydrogen-bond acceptors (Lipinski definition) is 2. The number of aromatic nitrogens is 1. The predicted molar refractivity (Wildman–Crippen MR) is 68.6 cm³/mol. The van der Waals surface area contributed by atoms with Crippen LogP contribution in [-0.4, -0.2) is 10.8 Å². The Labute approximate surface area is 105 Å². The quantitative estimate of drug-likeness (QED) is 0.757. The largest absolute Gasteiger partial charge is 0.288 e. The van der Waals surface area contributed by atoms with Crippen LogP contribution in [0.4, 0.5) is 0 Å². The molecule has 0 bridgehead atoms. The molecule has 17 heavy (non-hydrogen) atoms. The van der Waals surface area contributed by atoms with E-state index < -0.39 is 0 Å². The molecule has 1 aromatic heterocycles. The zero-order valence-electron chi connectivity index (χ0n) is 9.70. The van der Waals surface area contributed by atoms with Crippen molar-refractivity contribution in [3.05, 3.63) is 63.9 Å². The molecule has 1 aromatic carbocycles. The normalized spacial score (nSPS) is 10.3. The summed E-state index contributed by atoms with van der Waals surface area (Å²) in [5, 5.41) is 0.484. The molecular formula is C14H12ClNO. The van der Waals surface area contributed by atoms with Crippen LogP contribution in [0, 0.1) is 13.8 Å². The third-order valence-corrected chi connectivity index (χ3v) is 2.97. The van der Waals surface area contributed by atoms with Crippen LogP contribution >= 0.6 is 11.6 Å². The lowest BCUT2D eigenvalue weighted by Gasteiger charge is -2.06. The highest BCUT2D eigenvalue weighted by molar-refractivity contribution is 6.35. The molecule has 2 nitrogen and oxygen atoms in total. The highest BCUT2D eigenvalue weighted by Gasteiger charge is 2.14. The van der Waals surface area contributed by atoms with Gasteiger partial charge in [-0.25, -0.2) is 0 Å². The molecule has 0 radical (unpaired) electrons. The molecular weight excluding hydrogens is 234 g/mol. The Morgan fingerprint density at radius 3 is 2.59 bits per heavy atom. The first-order chi connectivity index (χ1) is 8.09. The lowest BCUT2D eigenvalue weighted by molar-refractivity contribution is 0.103. The number of rotatable bonds is 2. The minimum Gasteiger partial charge on any atom is -0.288 e. The number of benzene rings is 1. The molecule has 2 rings (SSSR count). The number of pyridine rings is 1. The van der Waals surface area contributed by atoms with Crippen LogP contribution in [0.5, 0.6) is 0 Å². The first kappa shape index (κ1) is 11.8. The molecule has 0 saturated heterocycles. The first-order valence-electron chi connectivity index (χ1n) is 5.31. The minimum atomic E-state index is -0.0828. The lowest BCUT2D eigenvalue weighted by Crippen LogP contribution is -2.05. The lowest BCUT2D eigenvalue weighted by atomic mass is 10.0. The van der Waals surface area contributed by atoms with Crippen LogP contribution in [0.25, 0.3) is 0 Å². The van der Waals surface area contributed by atoms with Gasteiger partial charge in [-0.05, 0) is 43.2 Å². The molecule has 0 spiro atoms. The van der Waals surface area contributed by atoms with Gasteiger partial charge in [-0.1, -0.05) is 17.7 Å². The van der Waals surface area contributed by atoms with Crippen LogP contribution in [0.15, 0.2) is 36.7 Å². The van der Waals surface area contributed by atoms with Gasteiger partial charge in [0.25, 0.3) is 0 Å². The molecule has 0 unspecified atom stereocenters. The Hall–Kier alpha value is -1.67. The van der Waals surface area contributed by atoms with Gasteiger partial charge >= 0.3 is 0 Å². The maximum atomic E-state index is 12.3. The van der Waals surface area contributed by atoms with E-state index in [1.807, 2.05) is 26.0 Å². The Bertz CT molecular complexity index is 578. The van der Waals surface area contributed by atoms with E-state index in [2.05, 4.69) is 4.98 Å². The van der Waals surface area contributed by atoms with Crippen LogP contribution in [0.2, 0.25) is 5.02 Å². The molecule has 0 amide bonds. The molecule has 0 aliphatic heterocycles. The summed E-state index contributed by atoms with van der Waals surface area (Å²) in [6.45, 7) is 3.83. The van der Waals surface area contributed by atoms with E-state index in [0.29, 0.717) is 16.1 Å². The molecule has 3 heteroatoms. The number of nitrogens with zero attached hydrogens (tertiary/aromatic N) is 1. The third-order valence-electron chi connectivity index (χ3n) is 2.65. The molecule has 2 aromatic rings. The number of halogens is 1. The standard InChI is InChI=1S/C14H12ClNO/c1-9-3-4-11(13(15)7-9)14(17)12-8-16-6-5-10(12)2/h3-8H,1-2H3. The van der Waals surface area contributed by atoms with Crippen LogP contribution in [0.3, 0.4) is 0 Å². The summed E-state index contributed by atoms with van der Waals surface area (Å²) in [5.74, 6) is -0.0828. The second-order valence-electron chi connectivity index (χ2n) is 4.00. The molecule has 0 aliphatic carbocycles. The summed E-state index contributed by atoms with van der Waals surface area (Å²) >= 11 is 6.09. The minimum absolute atomic E-state index is 0.0828. The van der Waals surface area contributed by atoms with E-state index in [4.69, 9.17) is 11.6 Å². The molecule has 1 heterocycles. The van der Waals surface area contributed by atoms with Crippen molar-refractivity contribution in [3.63, 3.8) is 0 Å². The van der Waals surface area contributed by atoms with Crippen LogP contribution < -0.4 is 0 Å². The Morgan fingerprint density at radius 2 is 1.94 bits per heavy atom. The summed E-state index contributed by atoms with van der Waals surface area (Å²) in [6, 6.07) is 7.24. The average molecular weight is 246 g/mol. The molecule has 0 fully saturated rings. The summed E-state index contributed by atoms with van der Waals surface area (Å²) in [6.07, 6.45) is 3.25. The Morgan fingerprint density at radius 1 is 1.18 bits per heavy atom. The van der Waals surface area contributed by atoms with Gasteiger partial charge in [-0.2, -0.15) is 0 Å². The Kier molecular flexibility index (Phi) is 3.25. The van der Waals surface area contributed by atoms with Crippen molar-refractivity contribution in [2.45, 2.75) is 13.8 Å². The summed E-state index contributed by atoms with van der Waals surface area (Å²) in [4.78, 5) is 16.3. The van der Waals surface area contributed by atoms with E-state index in [-0.39, 0.29) is 5.78 Å². The topological polar surface area (TPSA) is 30.0 Å². The van der Waals surface area contributed by atoms with E-state index >= 15 is 0 Å². The fraction of sp³-hybridized carbons (Fsp3) is 0.143. The number of carbonyl (C=O) groups excluding carboxylic acids is 1. The maximum Gasteiger partial charge on any atom is 0.196 e. The van der Waals surface area contributed by atoms with Crippen molar-refractivity contribution >= 4 is 17.4 Å². The van der Waals surface area contributed by atoms with E-state index in [9.17, 15) is 4.79 Å². The van der Waals surface area contributed by atoms with Gasteiger partial charge in [0.05, 0.1) is 5.02 Å². The average Bonchev–Trinajstić information content (AvgIpc) is 2.29. The molecule has 86 valence electrons. The van der Waals surface area contributed by atoms with Gasteiger partial charge in [0.1, 0.15) is 0 Å². The van der Waals surface area contributed by atoms with Gasteiger partial charge in [-0.15, -0.1) is 0 Å². The monoisotopic (exact) mass is 245 g/mol. The summed E-state index contributed by atoms with van der Waals surface area (Å²) < 4.78 is 0. The van der Waals surface area contributed by atoms with E-state index in [0.717, 1.165) is 11.1 Å². The second-order valence-corrected chi connectivity index (χ2v) is 4.41. The molecule has 0 N–H and O–H groups in total. The maximum absolute atomic E-state index is 12.3. The number of hydrogen-bond donors (Lipinski definition) is 0. The number of carbonyl (C=O) groups is 1. The van der Waals surface area contributed by atoms with Gasteiger partial charge in [-0.3, -0.25) is 9.78 Å². The first-order valence-corrected chi connectivity index (χ1v) is 5.69. The summed E-state index contributed by atoms with van der Waals surface area (Å²) in [7, 11) is 0. The fourth-order valence-corrected chi connectivity index (χ4v) is 1.97. The van der Waals surface area contributed by atoms with Crippen LogP contribution in [-0.2, 0) is 0 Å². The molecule has 0 saturated carbocycles. The van der Waals surface area contributed by atoms with Crippen molar-refractivity contribution in [2.24, 2.45) is 0 Å². The van der Waals surface area contributed by atoms with Crippen molar-refractivity contribution in [2.75, 3.05) is 0 Å². The SMILES string of the molecule is Cc1ccc(C(=O)c2cnccc2C)c(Cl)c1. The fourth-order valence-electron chi connectivity index (χ4n) is 1.65.